The van der Waals surface area contributed by atoms with Crippen molar-refractivity contribution in [3.8, 4) is 0 Å². The summed E-state index contributed by atoms with van der Waals surface area (Å²) in [7, 11) is 0. The molecule has 0 radical (unpaired) electrons. The first-order chi connectivity index (χ1) is 9.91. The molecule has 0 aliphatic carbocycles. The molecule has 116 valence electrons. The minimum Gasteiger partial charge on any atom is -0.309 e. The Bertz CT molecular complexity index is 566. The first-order valence-corrected chi connectivity index (χ1v) is 9.26. The highest BCUT2D eigenvalue weighted by molar-refractivity contribution is 7.10. The van der Waals surface area contributed by atoms with Gasteiger partial charge >= 0.3 is 0 Å². The van der Waals surface area contributed by atoms with Gasteiger partial charge in [-0.2, -0.15) is 0 Å². The van der Waals surface area contributed by atoms with Gasteiger partial charge in [-0.25, -0.2) is 9.97 Å². The van der Waals surface area contributed by atoms with E-state index in [0.717, 1.165) is 25.1 Å². The van der Waals surface area contributed by atoms with Crippen LogP contribution in [0.15, 0.2) is 10.9 Å². The number of aromatic nitrogens is 2. The summed E-state index contributed by atoms with van der Waals surface area (Å²) in [6.07, 6.45) is 2.09. The van der Waals surface area contributed by atoms with Gasteiger partial charge in [0.15, 0.2) is 0 Å². The molecule has 1 atom stereocenters. The number of nitrogens with one attached hydrogen (secondary N) is 1. The SMILES string of the molecule is CCCNC(Cc1nc(C(C)(C)C)cs1)c1scnc1C. The summed E-state index contributed by atoms with van der Waals surface area (Å²) >= 11 is 3.52. The smallest absolute Gasteiger partial charge is 0.0947 e. The van der Waals surface area contributed by atoms with E-state index < -0.39 is 0 Å². The lowest BCUT2D eigenvalue weighted by Gasteiger charge is -2.17. The first kappa shape index (κ1) is 16.6. The second-order valence-electron chi connectivity index (χ2n) is 6.39. The van der Waals surface area contributed by atoms with Crippen LogP contribution in [0.5, 0.6) is 0 Å². The number of aryl methyl sites for hydroxylation is 1. The number of hydrogen-bond donors (Lipinski definition) is 1. The molecule has 3 nitrogen and oxygen atoms in total. The van der Waals surface area contributed by atoms with Gasteiger partial charge in [0.25, 0.3) is 0 Å². The highest BCUT2D eigenvalue weighted by atomic mass is 32.1. The van der Waals surface area contributed by atoms with E-state index in [2.05, 4.69) is 50.3 Å². The van der Waals surface area contributed by atoms with Crippen LogP contribution in [-0.4, -0.2) is 16.5 Å². The largest absolute Gasteiger partial charge is 0.309 e. The van der Waals surface area contributed by atoms with E-state index in [1.165, 1.54) is 15.6 Å². The first-order valence-electron chi connectivity index (χ1n) is 7.50. The fourth-order valence-electron chi connectivity index (χ4n) is 2.15. The molecule has 0 bridgehead atoms. The number of rotatable bonds is 6. The standard InChI is InChI=1S/C16H25N3S2/c1-6-7-17-12(15-11(2)18-10-21-15)8-14-19-13(9-20-14)16(3,4)5/h9-10,12,17H,6-8H2,1-5H3. The van der Waals surface area contributed by atoms with Crippen molar-refractivity contribution in [2.24, 2.45) is 0 Å². The molecule has 21 heavy (non-hydrogen) atoms. The van der Waals surface area contributed by atoms with Crippen molar-refractivity contribution in [2.45, 2.75) is 58.9 Å². The molecule has 0 saturated carbocycles. The van der Waals surface area contributed by atoms with Crippen LogP contribution in [0, 0.1) is 6.92 Å². The monoisotopic (exact) mass is 323 g/mol. The van der Waals surface area contributed by atoms with E-state index in [1.54, 1.807) is 22.7 Å². The second kappa shape index (κ2) is 6.99. The van der Waals surface area contributed by atoms with Gasteiger partial charge in [-0.05, 0) is 19.9 Å². The molecular weight excluding hydrogens is 298 g/mol. The maximum Gasteiger partial charge on any atom is 0.0947 e. The molecule has 1 unspecified atom stereocenters. The quantitative estimate of drug-likeness (QED) is 0.851. The Labute approximate surface area is 135 Å². The topological polar surface area (TPSA) is 37.8 Å². The molecule has 2 rings (SSSR count). The van der Waals surface area contributed by atoms with Crippen LogP contribution in [0.25, 0.3) is 0 Å². The molecule has 0 aromatic carbocycles. The summed E-state index contributed by atoms with van der Waals surface area (Å²) < 4.78 is 0. The lowest BCUT2D eigenvalue weighted by Crippen LogP contribution is -2.24. The zero-order chi connectivity index (χ0) is 15.5. The van der Waals surface area contributed by atoms with Gasteiger partial charge in [-0.1, -0.05) is 27.7 Å². The van der Waals surface area contributed by atoms with Crippen LogP contribution in [0.3, 0.4) is 0 Å². The molecule has 0 amide bonds. The minimum absolute atomic E-state index is 0.126. The Morgan fingerprint density at radius 1 is 1.29 bits per heavy atom. The second-order valence-corrected chi connectivity index (χ2v) is 8.22. The van der Waals surface area contributed by atoms with Gasteiger partial charge in [0.1, 0.15) is 0 Å². The maximum atomic E-state index is 4.83. The molecular formula is C16H25N3S2. The molecule has 5 heteroatoms. The van der Waals surface area contributed by atoms with Crippen molar-refractivity contribution in [3.63, 3.8) is 0 Å². The maximum absolute atomic E-state index is 4.83. The number of nitrogens with zero attached hydrogens (tertiary/aromatic N) is 2. The highest BCUT2D eigenvalue weighted by Gasteiger charge is 2.21. The zero-order valence-electron chi connectivity index (χ0n) is 13.6. The molecule has 1 N–H and O–H groups in total. The van der Waals surface area contributed by atoms with Gasteiger partial charge in [0, 0.05) is 28.1 Å². The Hall–Kier alpha value is -0.780. The highest BCUT2D eigenvalue weighted by Crippen LogP contribution is 2.29. The Morgan fingerprint density at radius 2 is 2.05 bits per heavy atom. The summed E-state index contributed by atoms with van der Waals surface area (Å²) in [5, 5.41) is 7.06. The normalized spacial score (nSPS) is 13.6. The van der Waals surface area contributed by atoms with Crippen LogP contribution in [0.1, 0.15) is 61.4 Å². The molecule has 0 aliphatic rings. The summed E-state index contributed by atoms with van der Waals surface area (Å²) in [4.78, 5) is 10.6. The van der Waals surface area contributed by atoms with Crippen LogP contribution in [0.4, 0.5) is 0 Å². The Kier molecular flexibility index (Phi) is 5.52. The van der Waals surface area contributed by atoms with Gasteiger partial charge < -0.3 is 5.32 Å². The van der Waals surface area contributed by atoms with Gasteiger partial charge in [-0.15, -0.1) is 22.7 Å². The Morgan fingerprint density at radius 3 is 2.57 bits per heavy atom. The average molecular weight is 324 g/mol. The van der Waals surface area contributed by atoms with Crippen LogP contribution >= 0.6 is 22.7 Å². The fraction of sp³-hybridized carbons (Fsp3) is 0.625. The number of hydrogen-bond acceptors (Lipinski definition) is 5. The lowest BCUT2D eigenvalue weighted by atomic mass is 9.93. The molecule has 0 saturated heterocycles. The lowest BCUT2D eigenvalue weighted by molar-refractivity contribution is 0.527. The third kappa shape index (κ3) is 4.34. The average Bonchev–Trinajstić information content (AvgIpc) is 3.02. The van der Waals surface area contributed by atoms with E-state index in [9.17, 15) is 0 Å². The van der Waals surface area contributed by atoms with Crippen molar-refractivity contribution in [3.05, 3.63) is 32.2 Å². The summed E-state index contributed by atoms with van der Waals surface area (Å²) in [5.41, 5.74) is 4.40. The number of thiazole rings is 2. The van der Waals surface area contributed by atoms with E-state index in [-0.39, 0.29) is 5.41 Å². The fourth-order valence-corrected chi connectivity index (χ4v) is 4.09. The van der Waals surface area contributed by atoms with Crippen molar-refractivity contribution < 1.29 is 0 Å². The van der Waals surface area contributed by atoms with Gasteiger partial charge in [-0.3, -0.25) is 0 Å². The molecule has 2 heterocycles. The van der Waals surface area contributed by atoms with Crippen molar-refractivity contribution in [1.82, 2.24) is 15.3 Å². The van der Waals surface area contributed by atoms with E-state index in [0.29, 0.717) is 6.04 Å². The zero-order valence-corrected chi connectivity index (χ0v) is 15.2. The van der Waals surface area contributed by atoms with E-state index in [1.807, 2.05) is 5.51 Å². The molecule has 2 aromatic heterocycles. The molecule has 0 spiro atoms. The van der Waals surface area contributed by atoms with Crippen LogP contribution in [-0.2, 0) is 11.8 Å². The predicted octanol–water partition coefficient (Wildman–Crippen LogP) is 4.49. The van der Waals surface area contributed by atoms with Crippen molar-refractivity contribution in [2.75, 3.05) is 6.54 Å². The van der Waals surface area contributed by atoms with Crippen molar-refractivity contribution in [1.29, 1.82) is 0 Å². The minimum atomic E-state index is 0.126. The summed E-state index contributed by atoms with van der Waals surface area (Å²) in [6, 6.07) is 0.330. The Balaban J connectivity index is 2.15. The van der Waals surface area contributed by atoms with E-state index >= 15 is 0 Å². The molecule has 0 fully saturated rings. The van der Waals surface area contributed by atoms with Gasteiger partial charge in [0.2, 0.25) is 0 Å². The molecule has 0 aliphatic heterocycles. The van der Waals surface area contributed by atoms with Crippen LogP contribution in [0.2, 0.25) is 0 Å². The third-order valence-electron chi connectivity index (χ3n) is 3.44. The summed E-state index contributed by atoms with van der Waals surface area (Å²) in [6.45, 7) is 12.0. The predicted molar refractivity (Wildman–Crippen MR) is 92.4 cm³/mol. The molecule has 2 aromatic rings. The van der Waals surface area contributed by atoms with Crippen LogP contribution < -0.4 is 5.32 Å². The van der Waals surface area contributed by atoms with Crippen molar-refractivity contribution >= 4 is 22.7 Å². The van der Waals surface area contributed by atoms with E-state index in [4.69, 9.17) is 4.98 Å². The third-order valence-corrected chi connectivity index (χ3v) is 5.35. The summed E-state index contributed by atoms with van der Waals surface area (Å²) in [5.74, 6) is 0. The van der Waals surface area contributed by atoms with Gasteiger partial charge in [0.05, 0.1) is 21.9 Å².